The molecule has 2 amide bonds. The maximum Gasteiger partial charge on any atom is 0.243 e. The summed E-state index contributed by atoms with van der Waals surface area (Å²) in [7, 11) is 0. The third-order valence-corrected chi connectivity index (χ3v) is 3.75. The van der Waals surface area contributed by atoms with Gasteiger partial charge in [0.15, 0.2) is 0 Å². The lowest BCUT2D eigenvalue weighted by atomic mass is 9.95. The van der Waals surface area contributed by atoms with Crippen LogP contribution in [0.25, 0.3) is 0 Å². The minimum absolute atomic E-state index is 0.170. The molecule has 2 atom stereocenters. The Morgan fingerprint density at radius 1 is 1.33 bits per heavy atom. The van der Waals surface area contributed by atoms with Crippen molar-refractivity contribution >= 4 is 24.4 Å². The van der Waals surface area contributed by atoms with Gasteiger partial charge in [0.25, 0.3) is 0 Å². The molecular weight excluding hydrogens is 248 g/mol. The summed E-state index contributed by atoms with van der Waals surface area (Å²) in [4.78, 5) is 25.3. The summed E-state index contributed by atoms with van der Waals surface area (Å²) in [6.45, 7) is 2.59. The molecule has 1 saturated heterocycles. The van der Waals surface area contributed by atoms with Crippen LogP contribution in [-0.4, -0.2) is 28.5 Å². The van der Waals surface area contributed by atoms with Crippen LogP contribution in [0, 0.1) is 0 Å². The molecule has 0 spiro atoms. The van der Waals surface area contributed by atoms with E-state index in [4.69, 9.17) is 5.73 Å². The zero-order valence-electron chi connectivity index (χ0n) is 10.2. The second-order valence-electron chi connectivity index (χ2n) is 4.29. The van der Waals surface area contributed by atoms with Gasteiger partial charge in [0.05, 0.1) is 11.2 Å². The number of rotatable bonds is 3. The SMILES string of the molecule is CCN1C(=O)[C@H](c2cccc(CN)c2)[C@@H](S)C1=O. The summed E-state index contributed by atoms with van der Waals surface area (Å²) in [5.41, 5.74) is 7.35. The zero-order chi connectivity index (χ0) is 13.3. The van der Waals surface area contributed by atoms with Gasteiger partial charge in [0.2, 0.25) is 11.8 Å². The van der Waals surface area contributed by atoms with Gasteiger partial charge in [-0.15, -0.1) is 0 Å². The molecule has 4 nitrogen and oxygen atoms in total. The minimum atomic E-state index is -0.592. The Bertz CT molecular complexity index is 490. The molecule has 1 aliphatic heterocycles. The number of hydrogen-bond donors (Lipinski definition) is 2. The number of likely N-dealkylation sites (tertiary alicyclic amines) is 1. The molecule has 1 aliphatic rings. The Labute approximate surface area is 112 Å². The van der Waals surface area contributed by atoms with Gasteiger partial charge < -0.3 is 5.73 Å². The Balaban J connectivity index is 2.38. The van der Waals surface area contributed by atoms with Crippen LogP contribution in [0.15, 0.2) is 24.3 Å². The van der Waals surface area contributed by atoms with Crippen molar-refractivity contribution in [1.29, 1.82) is 0 Å². The van der Waals surface area contributed by atoms with Crippen molar-refractivity contribution in [3.05, 3.63) is 35.4 Å². The number of carbonyl (C=O) groups excluding carboxylic acids is 2. The molecule has 5 heteroatoms. The number of benzene rings is 1. The van der Waals surface area contributed by atoms with Gasteiger partial charge in [-0.05, 0) is 18.1 Å². The second kappa shape index (κ2) is 5.12. The number of imide groups is 1. The van der Waals surface area contributed by atoms with Crippen LogP contribution in [0.3, 0.4) is 0 Å². The first-order valence-electron chi connectivity index (χ1n) is 5.92. The molecule has 18 heavy (non-hydrogen) atoms. The largest absolute Gasteiger partial charge is 0.326 e. The highest BCUT2D eigenvalue weighted by Crippen LogP contribution is 2.33. The highest BCUT2D eigenvalue weighted by Gasteiger charge is 2.45. The van der Waals surface area contributed by atoms with Crippen LogP contribution in [0.5, 0.6) is 0 Å². The maximum absolute atomic E-state index is 12.2. The lowest BCUT2D eigenvalue weighted by Gasteiger charge is -2.13. The van der Waals surface area contributed by atoms with Crippen molar-refractivity contribution in [1.82, 2.24) is 4.90 Å². The van der Waals surface area contributed by atoms with Crippen molar-refractivity contribution in [2.24, 2.45) is 5.73 Å². The summed E-state index contributed by atoms with van der Waals surface area (Å²) in [5, 5.41) is -0.592. The standard InChI is InChI=1S/C13H16N2O2S/c1-2-15-12(16)10(11(18)13(15)17)9-5-3-4-8(6-9)7-14/h3-6,10-11,18H,2,7,14H2,1H3/t10-,11-/m1/s1. The van der Waals surface area contributed by atoms with Gasteiger partial charge >= 0.3 is 0 Å². The first kappa shape index (κ1) is 13.1. The molecule has 2 rings (SSSR count). The first-order chi connectivity index (χ1) is 8.60. The summed E-state index contributed by atoms with van der Waals surface area (Å²) >= 11 is 4.29. The third kappa shape index (κ3) is 2.04. The van der Waals surface area contributed by atoms with Gasteiger partial charge in [0.1, 0.15) is 0 Å². The van der Waals surface area contributed by atoms with Crippen molar-refractivity contribution < 1.29 is 9.59 Å². The van der Waals surface area contributed by atoms with Gasteiger partial charge in [0, 0.05) is 13.1 Å². The van der Waals surface area contributed by atoms with Crippen molar-refractivity contribution in [2.75, 3.05) is 6.54 Å². The van der Waals surface area contributed by atoms with E-state index in [1.165, 1.54) is 4.90 Å². The summed E-state index contributed by atoms with van der Waals surface area (Å²) in [6, 6.07) is 7.47. The predicted molar refractivity (Wildman–Crippen MR) is 72.2 cm³/mol. The fourth-order valence-corrected chi connectivity index (χ4v) is 2.70. The average molecular weight is 264 g/mol. The van der Waals surface area contributed by atoms with Crippen molar-refractivity contribution in [2.45, 2.75) is 24.6 Å². The number of thiol groups is 1. The predicted octanol–water partition coefficient (Wildman–Crippen LogP) is 0.916. The number of hydrogen-bond acceptors (Lipinski definition) is 4. The van der Waals surface area contributed by atoms with E-state index in [-0.39, 0.29) is 11.8 Å². The number of nitrogens with two attached hydrogens (primary N) is 1. The maximum atomic E-state index is 12.2. The molecule has 0 bridgehead atoms. The van der Waals surface area contributed by atoms with E-state index in [0.29, 0.717) is 13.1 Å². The lowest BCUT2D eigenvalue weighted by Crippen LogP contribution is -2.30. The first-order valence-corrected chi connectivity index (χ1v) is 6.44. The fraction of sp³-hybridized carbons (Fsp3) is 0.385. The van der Waals surface area contributed by atoms with E-state index in [1.54, 1.807) is 6.92 Å². The molecular formula is C13H16N2O2S. The number of carbonyl (C=O) groups is 2. The summed E-state index contributed by atoms with van der Waals surface area (Å²) < 4.78 is 0. The highest BCUT2D eigenvalue weighted by molar-refractivity contribution is 7.82. The van der Waals surface area contributed by atoms with Crippen LogP contribution < -0.4 is 5.73 Å². The Kier molecular flexibility index (Phi) is 3.73. The average Bonchev–Trinajstić information content (AvgIpc) is 2.60. The van der Waals surface area contributed by atoms with E-state index in [2.05, 4.69) is 12.6 Å². The summed E-state index contributed by atoms with van der Waals surface area (Å²) in [6.07, 6.45) is 0. The van der Waals surface area contributed by atoms with Gasteiger partial charge in [-0.2, -0.15) is 12.6 Å². The van der Waals surface area contributed by atoms with E-state index in [0.717, 1.165) is 11.1 Å². The molecule has 2 N–H and O–H groups in total. The molecule has 0 aliphatic carbocycles. The Morgan fingerprint density at radius 3 is 2.61 bits per heavy atom. The van der Waals surface area contributed by atoms with E-state index >= 15 is 0 Å². The van der Waals surface area contributed by atoms with Gasteiger partial charge in [-0.1, -0.05) is 24.3 Å². The van der Waals surface area contributed by atoms with E-state index in [9.17, 15) is 9.59 Å². The van der Waals surface area contributed by atoms with Crippen LogP contribution in [0.2, 0.25) is 0 Å². The number of amides is 2. The topological polar surface area (TPSA) is 63.4 Å². The van der Waals surface area contributed by atoms with Crippen LogP contribution >= 0.6 is 12.6 Å². The van der Waals surface area contributed by atoms with Crippen LogP contribution in [0.4, 0.5) is 0 Å². The summed E-state index contributed by atoms with van der Waals surface area (Å²) in [5.74, 6) is -0.877. The molecule has 0 aromatic heterocycles. The molecule has 96 valence electrons. The van der Waals surface area contributed by atoms with Crippen LogP contribution in [-0.2, 0) is 16.1 Å². The van der Waals surface area contributed by atoms with Gasteiger partial charge in [-0.25, -0.2) is 0 Å². The normalized spacial score (nSPS) is 23.8. The second-order valence-corrected chi connectivity index (χ2v) is 4.85. The fourth-order valence-electron chi connectivity index (χ4n) is 2.26. The monoisotopic (exact) mass is 264 g/mol. The van der Waals surface area contributed by atoms with E-state index in [1.807, 2.05) is 24.3 Å². The molecule has 0 unspecified atom stereocenters. The molecule has 1 aromatic carbocycles. The van der Waals surface area contributed by atoms with Gasteiger partial charge in [-0.3, -0.25) is 14.5 Å². The highest BCUT2D eigenvalue weighted by atomic mass is 32.1. The Morgan fingerprint density at radius 2 is 2.06 bits per heavy atom. The van der Waals surface area contributed by atoms with Crippen LogP contribution in [0.1, 0.15) is 24.0 Å². The number of nitrogens with zero attached hydrogens (tertiary/aromatic N) is 1. The molecule has 1 fully saturated rings. The zero-order valence-corrected chi connectivity index (χ0v) is 11.1. The molecule has 1 heterocycles. The molecule has 0 radical (unpaired) electrons. The Hall–Kier alpha value is -1.33. The third-order valence-electron chi connectivity index (χ3n) is 3.23. The number of likely N-dealkylation sites (N-methyl/N-ethyl adjacent to an activating group) is 1. The quantitative estimate of drug-likeness (QED) is 0.630. The van der Waals surface area contributed by atoms with Crippen molar-refractivity contribution in [3.8, 4) is 0 Å². The molecule has 0 saturated carbocycles. The van der Waals surface area contributed by atoms with E-state index < -0.39 is 11.2 Å². The molecule has 1 aromatic rings. The minimum Gasteiger partial charge on any atom is -0.326 e. The van der Waals surface area contributed by atoms with Crippen molar-refractivity contribution in [3.63, 3.8) is 0 Å². The lowest BCUT2D eigenvalue weighted by molar-refractivity contribution is -0.138. The smallest absolute Gasteiger partial charge is 0.243 e.